The molecule has 0 saturated carbocycles. The van der Waals surface area contributed by atoms with Crippen LogP contribution in [0.15, 0.2) is 18.2 Å². The average Bonchev–Trinajstić information content (AvgIpc) is 2.03. The zero-order valence-electron chi connectivity index (χ0n) is 8.10. The van der Waals surface area contributed by atoms with Gasteiger partial charge in [0.2, 0.25) is 0 Å². The predicted octanol–water partition coefficient (Wildman–Crippen LogP) is -0.987. The Kier molecular flexibility index (Phi) is 5.76. The summed E-state index contributed by atoms with van der Waals surface area (Å²) in [6.07, 6.45) is 0.395. The zero-order valence-corrected chi connectivity index (χ0v) is 11.2. The topological polar surface area (TPSA) is 20.2 Å². The third kappa shape index (κ3) is 3.58. The first-order chi connectivity index (χ1) is 5.95. The first-order valence-corrected chi connectivity index (χ1v) is 3.97. The van der Waals surface area contributed by atoms with E-state index < -0.39 is 12.4 Å². The van der Waals surface area contributed by atoms with Crippen molar-refractivity contribution in [2.45, 2.75) is 13.3 Å². The molecule has 0 spiro atoms. The van der Waals surface area contributed by atoms with Crippen LogP contribution in [0.2, 0.25) is 0 Å². The zero-order chi connectivity index (χ0) is 10.1. The molecule has 0 aliphatic heterocycles. The summed E-state index contributed by atoms with van der Waals surface area (Å²) in [6, 6.07) is 2.98. The third-order valence-corrected chi connectivity index (χ3v) is 1.86. The molecule has 0 fully saturated rings. The fraction of sp³-hybridized carbons (Fsp3) is 0.250. The van der Waals surface area contributed by atoms with Crippen LogP contribution in [0.5, 0.6) is 5.75 Å². The Bertz CT molecular complexity index is 314. The van der Waals surface area contributed by atoms with Crippen molar-refractivity contribution < 1.29 is 69.4 Å². The maximum Gasteiger partial charge on any atom is 1.00 e. The molecule has 1 N–H and O–H groups in total. The molecule has 0 bridgehead atoms. The number of phenolic OH excluding ortho intramolecular Hbond substituents is 1. The second kappa shape index (κ2) is 5.56. The molecule has 0 saturated heterocycles. The fourth-order valence-electron chi connectivity index (χ4n) is 1.09. The molecule has 0 aromatic heterocycles. The number of aryl methyl sites for hydroxylation is 1. The molecule has 0 heterocycles. The van der Waals surface area contributed by atoms with Crippen molar-refractivity contribution in [3.05, 3.63) is 23.8 Å². The second-order valence-electron chi connectivity index (χ2n) is 2.82. The Labute approximate surface area is 123 Å². The van der Waals surface area contributed by atoms with E-state index in [4.69, 9.17) is 5.11 Å². The summed E-state index contributed by atoms with van der Waals surface area (Å²) in [7, 11) is 0. The van der Waals surface area contributed by atoms with Crippen molar-refractivity contribution >= 4 is 12.4 Å². The van der Waals surface area contributed by atoms with Gasteiger partial charge in [-0.25, -0.2) is 0 Å². The molecule has 0 radical (unpaired) electrons. The SMILES string of the molecule is CCc1cc([B-](F)(F)F)ccc1O.[K+]. The van der Waals surface area contributed by atoms with Crippen LogP contribution in [-0.2, 0) is 6.42 Å². The largest absolute Gasteiger partial charge is 1.00 e. The van der Waals surface area contributed by atoms with Gasteiger partial charge in [-0.1, -0.05) is 19.1 Å². The predicted molar refractivity (Wildman–Crippen MR) is 46.2 cm³/mol. The van der Waals surface area contributed by atoms with Crippen LogP contribution in [0, 0.1) is 0 Å². The first-order valence-electron chi connectivity index (χ1n) is 3.97. The molecule has 1 rings (SSSR count). The van der Waals surface area contributed by atoms with Crippen LogP contribution in [0.25, 0.3) is 0 Å². The molecule has 72 valence electrons. The minimum absolute atomic E-state index is 0. The maximum atomic E-state index is 12.2. The van der Waals surface area contributed by atoms with Gasteiger partial charge in [-0.2, -0.15) is 0 Å². The van der Waals surface area contributed by atoms with Crippen molar-refractivity contribution in [1.82, 2.24) is 0 Å². The van der Waals surface area contributed by atoms with Crippen LogP contribution >= 0.6 is 0 Å². The van der Waals surface area contributed by atoms with Crippen LogP contribution in [0.3, 0.4) is 0 Å². The van der Waals surface area contributed by atoms with Crippen molar-refractivity contribution in [3.8, 4) is 5.75 Å². The number of phenols is 1. The van der Waals surface area contributed by atoms with Crippen molar-refractivity contribution in [1.29, 1.82) is 0 Å². The van der Waals surface area contributed by atoms with Gasteiger partial charge in [0.25, 0.3) is 0 Å². The van der Waals surface area contributed by atoms with Gasteiger partial charge in [0, 0.05) is 0 Å². The van der Waals surface area contributed by atoms with Gasteiger partial charge in [0.1, 0.15) is 5.75 Å². The molecule has 0 atom stereocenters. The standard InChI is InChI=1S/C8H9BF3O.K/c1-2-6-5-7(9(10,11)12)3-4-8(6)13;/h3-5,13H,2H2,1H3;/q-1;+1. The third-order valence-electron chi connectivity index (χ3n) is 1.86. The van der Waals surface area contributed by atoms with E-state index in [9.17, 15) is 12.9 Å². The van der Waals surface area contributed by atoms with E-state index in [1.807, 2.05) is 0 Å². The van der Waals surface area contributed by atoms with Gasteiger partial charge in [-0.05, 0) is 18.1 Å². The molecule has 6 heteroatoms. The monoisotopic (exact) mass is 228 g/mol. The van der Waals surface area contributed by atoms with Crippen molar-refractivity contribution in [2.75, 3.05) is 0 Å². The van der Waals surface area contributed by atoms with Gasteiger partial charge in [-0.15, -0.1) is 5.46 Å². The molecule has 0 aliphatic carbocycles. The summed E-state index contributed by atoms with van der Waals surface area (Å²) < 4.78 is 36.7. The van der Waals surface area contributed by atoms with E-state index in [1.54, 1.807) is 6.92 Å². The summed E-state index contributed by atoms with van der Waals surface area (Å²) in [4.78, 5) is 0. The Morgan fingerprint density at radius 2 is 1.86 bits per heavy atom. The number of halogens is 3. The summed E-state index contributed by atoms with van der Waals surface area (Å²) >= 11 is 0. The molecule has 0 unspecified atom stereocenters. The minimum atomic E-state index is -4.96. The Balaban J connectivity index is 0.00000169. The molecule has 0 aliphatic rings. The molecule has 1 aromatic rings. The Morgan fingerprint density at radius 1 is 1.29 bits per heavy atom. The van der Waals surface area contributed by atoms with Crippen LogP contribution in [0.1, 0.15) is 12.5 Å². The normalized spacial score (nSPS) is 10.9. The fourth-order valence-corrected chi connectivity index (χ4v) is 1.09. The van der Waals surface area contributed by atoms with Crippen LogP contribution in [-0.4, -0.2) is 12.1 Å². The van der Waals surface area contributed by atoms with E-state index in [-0.39, 0.29) is 57.1 Å². The number of benzene rings is 1. The number of hydrogen-bond acceptors (Lipinski definition) is 1. The summed E-state index contributed by atoms with van der Waals surface area (Å²) in [6.45, 7) is -3.26. The van der Waals surface area contributed by atoms with Gasteiger partial charge < -0.3 is 18.1 Å². The summed E-state index contributed by atoms with van der Waals surface area (Å²) in [5, 5.41) is 9.14. The Hall–Kier alpha value is 0.511. The van der Waals surface area contributed by atoms with Gasteiger partial charge in [0.05, 0.1) is 0 Å². The number of rotatable bonds is 2. The Morgan fingerprint density at radius 3 is 2.29 bits per heavy atom. The molecule has 1 nitrogen and oxygen atoms in total. The average molecular weight is 228 g/mol. The summed E-state index contributed by atoms with van der Waals surface area (Å²) in [5.41, 5.74) is -0.327. The smallest absolute Gasteiger partial charge is 0.508 e. The molecule has 14 heavy (non-hydrogen) atoms. The molecule has 0 amide bonds. The van der Waals surface area contributed by atoms with E-state index in [1.165, 1.54) is 0 Å². The van der Waals surface area contributed by atoms with E-state index >= 15 is 0 Å². The summed E-state index contributed by atoms with van der Waals surface area (Å²) in [5.74, 6) is -0.0775. The number of hydrogen-bond donors (Lipinski definition) is 1. The van der Waals surface area contributed by atoms with Crippen molar-refractivity contribution in [2.24, 2.45) is 0 Å². The molecule has 1 aromatic carbocycles. The number of aromatic hydroxyl groups is 1. The molecular weight excluding hydrogens is 219 g/mol. The molecular formula is C8H9BF3KO. The van der Waals surface area contributed by atoms with E-state index in [0.717, 1.165) is 18.2 Å². The maximum absolute atomic E-state index is 12.2. The van der Waals surface area contributed by atoms with Crippen LogP contribution < -0.4 is 56.8 Å². The second-order valence-corrected chi connectivity index (χ2v) is 2.82. The van der Waals surface area contributed by atoms with Crippen molar-refractivity contribution in [3.63, 3.8) is 0 Å². The minimum Gasteiger partial charge on any atom is -0.508 e. The van der Waals surface area contributed by atoms with E-state index in [0.29, 0.717) is 12.0 Å². The van der Waals surface area contributed by atoms with E-state index in [2.05, 4.69) is 0 Å². The first kappa shape index (κ1) is 14.5. The van der Waals surface area contributed by atoms with Gasteiger partial charge in [-0.3, -0.25) is 0 Å². The van der Waals surface area contributed by atoms with Crippen LogP contribution in [0.4, 0.5) is 12.9 Å². The van der Waals surface area contributed by atoms with Gasteiger partial charge >= 0.3 is 58.4 Å². The van der Waals surface area contributed by atoms with Gasteiger partial charge in [0.15, 0.2) is 0 Å². The quantitative estimate of drug-likeness (QED) is 0.644.